The van der Waals surface area contributed by atoms with Crippen LogP contribution in [0.15, 0.2) is 79.0 Å². The Bertz CT molecular complexity index is 1360. The lowest BCUT2D eigenvalue weighted by Crippen LogP contribution is -2.41. The zero-order valence-corrected chi connectivity index (χ0v) is 23.1. The maximum Gasteiger partial charge on any atom is 0.220 e. The van der Waals surface area contributed by atoms with Crippen LogP contribution in [-0.2, 0) is 16.1 Å². The summed E-state index contributed by atoms with van der Waals surface area (Å²) in [6, 6.07) is 25.4. The Morgan fingerprint density at radius 1 is 1.00 bits per heavy atom. The smallest absolute Gasteiger partial charge is 0.220 e. The van der Waals surface area contributed by atoms with Crippen molar-refractivity contribution in [1.29, 1.82) is 0 Å². The van der Waals surface area contributed by atoms with Crippen LogP contribution in [-0.4, -0.2) is 61.4 Å². The Hall–Kier alpha value is -3.61. The number of nitrogens with zero attached hydrogens (tertiary/aromatic N) is 2. The van der Waals surface area contributed by atoms with Gasteiger partial charge in [0.25, 0.3) is 0 Å². The lowest BCUT2D eigenvalue weighted by Gasteiger charge is -2.26. The molecule has 0 radical (unpaired) electrons. The molecule has 1 aromatic heterocycles. The minimum atomic E-state index is -0.0757. The number of aryl methyl sites for hydroxylation is 1. The van der Waals surface area contributed by atoms with Crippen LogP contribution in [0.2, 0.25) is 0 Å². The van der Waals surface area contributed by atoms with Crippen molar-refractivity contribution in [3.05, 3.63) is 101 Å². The number of morpholine rings is 1. The first kappa shape index (κ1) is 27.0. The number of amides is 1. The molecule has 0 aliphatic carbocycles. The number of hydrogen-bond donors (Lipinski definition) is 1. The van der Waals surface area contributed by atoms with Gasteiger partial charge in [0, 0.05) is 62.2 Å². The second kappa shape index (κ2) is 13.0. The third-order valence-corrected chi connectivity index (χ3v) is 7.51. The molecule has 6 nitrogen and oxygen atoms in total. The molecule has 39 heavy (non-hydrogen) atoms. The first-order valence-corrected chi connectivity index (χ1v) is 14.0. The van der Waals surface area contributed by atoms with Gasteiger partial charge in [0.1, 0.15) is 5.75 Å². The molecule has 204 valence electrons. The first-order valence-electron chi connectivity index (χ1n) is 14.0. The van der Waals surface area contributed by atoms with Crippen molar-refractivity contribution in [2.45, 2.75) is 32.7 Å². The fourth-order valence-electron chi connectivity index (χ4n) is 5.38. The van der Waals surface area contributed by atoms with E-state index in [1.807, 2.05) is 19.1 Å². The van der Waals surface area contributed by atoms with Crippen LogP contribution in [0.5, 0.6) is 5.75 Å². The van der Waals surface area contributed by atoms with Crippen LogP contribution in [0.1, 0.15) is 41.5 Å². The number of ether oxygens (including phenoxy) is 2. The predicted molar refractivity (Wildman–Crippen MR) is 157 cm³/mol. The van der Waals surface area contributed by atoms with Gasteiger partial charge >= 0.3 is 0 Å². The summed E-state index contributed by atoms with van der Waals surface area (Å²) >= 11 is 0. The normalized spacial score (nSPS) is 14.8. The largest absolute Gasteiger partial charge is 0.494 e. The molecule has 1 atom stereocenters. The predicted octanol–water partition coefficient (Wildman–Crippen LogP) is 5.37. The topological polar surface area (TPSA) is 55.7 Å². The number of carbonyl (C=O) groups excluding carboxylic acids is 1. The molecule has 4 aromatic rings. The third-order valence-electron chi connectivity index (χ3n) is 7.51. The molecular formula is C33H39N3O3. The van der Waals surface area contributed by atoms with Gasteiger partial charge in [0.2, 0.25) is 5.91 Å². The van der Waals surface area contributed by atoms with E-state index in [0.29, 0.717) is 19.6 Å². The van der Waals surface area contributed by atoms with Gasteiger partial charge in [-0.05, 0) is 48.7 Å². The van der Waals surface area contributed by atoms with Crippen molar-refractivity contribution in [3.63, 3.8) is 0 Å². The van der Waals surface area contributed by atoms with Gasteiger partial charge in [-0.1, -0.05) is 60.2 Å². The lowest BCUT2D eigenvalue weighted by atomic mass is 9.88. The highest BCUT2D eigenvalue weighted by molar-refractivity contribution is 5.86. The summed E-state index contributed by atoms with van der Waals surface area (Å²) in [7, 11) is 0. The SMILES string of the molecule is CCOc1ccc(C(CC(=O)NCCN2CCOCC2)c2cn(Cc3ccc(C)cc3)c3ccccc23)cc1. The summed E-state index contributed by atoms with van der Waals surface area (Å²) in [6.07, 6.45) is 2.63. The maximum absolute atomic E-state index is 13.3. The molecular weight excluding hydrogens is 486 g/mol. The quantitative estimate of drug-likeness (QED) is 0.286. The van der Waals surface area contributed by atoms with E-state index in [-0.39, 0.29) is 11.8 Å². The molecule has 0 bridgehead atoms. The molecule has 5 rings (SSSR count). The third kappa shape index (κ3) is 6.88. The van der Waals surface area contributed by atoms with Gasteiger partial charge in [-0.2, -0.15) is 0 Å². The number of benzene rings is 3. The highest BCUT2D eigenvalue weighted by Crippen LogP contribution is 2.36. The van der Waals surface area contributed by atoms with E-state index < -0.39 is 0 Å². The highest BCUT2D eigenvalue weighted by atomic mass is 16.5. The van der Waals surface area contributed by atoms with Crippen molar-refractivity contribution in [1.82, 2.24) is 14.8 Å². The van der Waals surface area contributed by atoms with Crippen LogP contribution in [0.4, 0.5) is 0 Å². The van der Waals surface area contributed by atoms with Crippen LogP contribution < -0.4 is 10.1 Å². The van der Waals surface area contributed by atoms with Gasteiger partial charge in [0.05, 0.1) is 19.8 Å². The summed E-state index contributed by atoms with van der Waals surface area (Å²) in [5, 5.41) is 4.36. The number of aromatic nitrogens is 1. The van der Waals surface area contributed by atoms with Gasteiger partial charge in [-0.15, -0.1) is 0 Å². The van der Waals surface area contributed by atoms with Crippen molar-refractivity contribution < 1.29 is 14.3 Å². The summed E-state index contributed by atoms with van der Waals surface area (Å²) in [5.74, 6) is 0.836. The van der Waals surface area contributed by atoms with E-state index in [4.69, 9.17) is 9.47 Å². The summed E-state index contributed by atoms with van der Waals surface area (Å²) < 4.78 is 13.4. The molecule has 1 fully saturated rings. The molecule has 3 aromatic carbocycles. The number of fused-ring (bicyclic) bond motifs is 1. The zero-order chi connectivity index (χ0) is 27.0. The van der Waals surface area contributed by atoms with Crippen molar-refractivity contribution in [2.75, 3.05) is 46.0 Å². The number of rotatable bonds is 11. The Morgan fingerprint density at radius 2 is 1.74 bits per heavy atom. The fraction of sp³-hybridized carbons (Fsp3) is 0.364. The molecule has 1 amide bonds. The van der Waals surface area contributed by atoms with E-state index in [1.54, 1.807) is 0 Å². The average Bonchev–Trinajstić information content (AvgIpc) is 3.32. The van der Waals surface area contributed by atoms with Gasteiger partial charge in [0.15, 0.2) is 0 Å². The summed E-state index contributed by atoms with van der Waals surface area (Å²) in [4.78, 5) is 15.6. The lowest BCUT2D eigenvalue weighted by molar-refractivity contribution is -0.121. The minimum Gasteiger partial charge on any atom is -0.494 e. The van der Waals surface area contributed by atoms with E-state index in [9.17, 15) is 4.79 Å². The molecule has 0 saturated carbocycles. The summed E-state index contributed by atoms with van der Waals surface area (Å²) in [5.41, 5.74) is 5.97. The van der Waals surface area contributed by atoms with E-state index in [2.05, 4.69) is 88.6 Å². The average molecular weight is 526 g/mol. The second-order valence-corrected chi connectivity index (χ2v) is 10.3. The Kier molecular flexibility index (Phi) is 8.96. The molecule has 1 saturated heterocycles. The number of hydrogen-bond acceptors (Lipinski definition) is 4. The maximum atomic E-state index is 13.3. The standard InChI is InChI=1S/C33H39N3O3/c1-3-39-28-14-12-27(13-15-28)30(22-33(37)34-16-17-35-18-20-38-21-19-35)31-24-36(32-7-5-4-6-29(31)32)23-26-10-8-25(2)9-11-26/h4-15,24,30H,3,16-23H2,1-2H3,(H,34,37). The second-order valence-electron chi connectivity index (χ2n) is 10.3. The van der Waals surface area contributed by atoms with Crippen molar-refractivity contribution in [2.24, 2.45) is 0 Å². The highest BCUT2D eigenvalue weighted by Gasteiger charge is 2.23. The monoisotopic (exact) mass is 525 g/mol. The van der Waals surface area contributed by atoms with Gasteiger partial charge in [-0.25, -0.2) is 0 Å². The number of carbonyl (C=O) groups is 1. The van der Waals surface area contributed by atoms with E-state index >= 15 is 0 Å². The van der Waals surface area contributed by atoms with E-state index in [1.165, 1.54) is 27.6 Å². The van der Waals surface area contributed by atoms with E-state index in [0.717, 1.165) is 50.7 Å². The first-order chi connectivity index (χ1) is 19.1. The molecule has 1 N–H and O–H groups in total. The van der Waals surface area contributed by atoms with Gasteiger partial charge < -0.3 is 19.4 Å². The Labute approximate surface area is 231 Å². The van der Waals surface area contributed by atoms with Crippen molar-refractivity contribution in [3.8, 4) is 5.75 Å². The van der Waals surface area contributed by atoms with Gasteiger partial charge in [-0.3, -0.25) is 9.69 Å². The van der Waals surface area contributed by atoms with Crippen LogP contribution in [0.3, 0.4) is 0 Å². The van der Waals surface area contributed by atoms with Crippen LogP contribution in [0.25, 0.3) is 10.9 Å². The van der Waals surface area contributed by atoms with Crippen molar-refractivity contribution >= 4 is 16.8 Å². The fourth-order valence-corrected chi connectivity index (χ4v) is 5.38. The van der Waals surface area contributed by atoms with Crippen LogP contribution in [0, 0.1) is 6.92 Å². The molecule has 1 aliphatic heterocycles. The molecule has 0 spiro atoms. The molecule has 2 heterocycles. The number of para-hydroxylation sites is 1. The van der Waals surface area contributed by atoms with Crippen LogP contribution >= 0.6 is 0 Å². The summed E-state index contributed by atoms with van der Waals surface area (Å²) in [6.45, 7) is 10.4. The minimum absolute atomic E-state index is 0.0671. The zero-order valence-electron chi connectivity index (χ0n) is 23.1. The Morgan fingerprint density at radius 3 is 2.49 bits per heavy atom. The molecule has 1 unspecified atom stereocenters. The molecule has 6 heteroatoms. The molecule has 1 aliphatic rings. The Balaban J connectivity index is 1.42. The number of nitrogens with one attached hydrogen (secondary N) is 1.